The number of rotatable bonds is 6. The Labute approximate surface area is 149 Å². The molecule has 1 unspecified atom stereocenters. The van der Waals surface area contributed by atoms with Crippen LogP contribution in [0.15, 0.2) is 36.4 Å². The van der Waals surface area contributed by atoms with E-state index in [9.17, 15) is 14.9 Å². The first-order valence-electron chi connectivity index (χ1n) is 7.28. The maximum atomic E-state index is 12.2. The fourth-order valence-corrected chi connectivity index (χ4v) is 2.15. The highest BCUT2D eigenvalue weighted by molar-refractivity contribution is 6.32. The van der Waals surface area contributed by atoms with E-state index in [2.05, 4.69) is 0 Å². The van der Waals surface area contributed by atoms with Gasteiger partial charge in [-0.25, -0.2) is 4.79 Å². The molecule has 0 amide bonds. The van der Waals surface area contributed by atoms with Gasteiger partial charge in [-0.3, -0.25) is 10.1 Å². The largest absolute Gasteiger partial charge is 0.496 e. The highest BCUT2D eigenvalue weighted by Gasteiger charge is 2.24. The number of esters is 1. The first kappa shape index (κ1) is 18.5. The third-order valence-corrected chi connectivity index (χ3v) is 3.61. The van der Waals surface area contributed by atoms with Crippen molar-refractivity contribution < 1.29 is 23.9 Å². The van der Waals surface area contributed by atoms with Gasteiger partial charge >= 0.3 is 11.7 Å². The zero-order valence-electron chi connectivity index (χ0n) is 13.8. The molecule has 0 aliphatic heterocycles. The van der Waals surface area contributed by atoms with Gasteiger partial charge in [0, 0.05) is 0 Å². The van der Waals surface area contributed by atoms with Crippen molar-refractivity contribution in [3.8, 4) is 17.2 Å². The molecule has 0 fully saturated rings. The van der Waals surface area contributed by atoms with Gasteiger partial charge in [0.05, 0.1) is 23.1 Å². The van der Waals surface area contributed by atoms with Crippen molar-refractivity contribution in [2.45, 2.75) is 20.0 Å². The average Bonchev–Trinajstić information content (AvgIpc) is 2.58. The minimum atomic E-state index is -1.01. The van der Waals surface area contributed by atoms with Crippen molar-refractivity contribution in [2.75, 3.05) is 7.11 Å². The summed E-state index contributed by atoms with van der Waals surface area (Å²) in [5, 5.41) is 11.5. The second-order valence-electron chi connectivity index (χ2n) is 5.21. The van der Waals surface area contributed by atoms with E-state index in [0.29, 0.717) is 10.8 Å². The summed E-state index contributed by atoms with van der Waals surface area (Å²) in [4.78, 5) is 22.7. The molecule has 0 aromatic heterocycles. The van der Waals surface area contributed by atoms with Gasteiger partial charge in [-0.15, -0.1) is 0 Å². The van der Waals surface area contributed by atoms with Crippen LogP contribution in [0.5, 0.6) is 17.2 Å². The second kappa shape index (κ2) is 7.85. The maximum absolute atomic E-state index is 12.2. The molecule has 7 nitrogen and oxygen atoms in total. The third-order valence-electron chi connectivity index (χ3n) is 3.30. The Morgan fingerprint density at radius 2 is 1.92 bits per heavy atom. The number of hydrogen-bond donors (Lipinski definition) is 0. The lowest BCUT2D eigenvalue weighted by Gasteiger charge is -2.15. The molecule has 132 valence electrons. The lowest BCUT2D eigenvalue weighted by atomic mass is 10.2. The number of aryl methyl sites for hydroxylation is 1. The lowest BCUT2D eigenvalue weighted by Crippen LogP contribution is -2.28. The highest BCUT2D eigenvalue weighted by Crippen LogP contribution is 2.32. The molecule has 0 radical (unpaired) electrons. The molecule has 25 heavy (non-hydrogen) atoms. The molecule has 0 N–H and O–H groups in total. The summed E-state index contributed by atoms with van der Waals surface area (Å²) < 4.78 is 15.5. The van der Waals surface area contributed by atoms with Crippen molar-refractivity contribution in [3.63, 3.8) is 0 Å². The molecule has 2 aromatic rings. The van der Waals surface area contributed by atoms with Gasteiger partial charge in [0.25, 0.3) is 0 Å². The number of halogens is 1. The Hall–Kier alpha value is -2.80. The van der Waals surface area contributed by atoms with E-state index in [1.165, 1.54) is 32.2 Å². The van der Waals surface area contributed by atoms with Crippen LogP contribution in [0.2, 0.25) is 5.02 Å². The zero-order valence-corrected chi connectivity index (χ0v) is 14.6. The first-order chi connectivity index (χ1) is 11.8. The Kier molecular flexibility index (Phi) is 5.82. The minimum absolute atomic E-state index is 0.193. The Bertz CT molecular complexity index is 808. The molecule has 0 saturated carbocycles. The monoisotopic (exact) mass is 365 g/mol. The van der Waals surface area contributed by atoms with Gasteiger partial charge in [-0.05, 0) is 43.7 Å². The molecule has 0 aliphatic rings. The fraction of sp³-hybridized carbons (Fsp3) is 0.235. The summed E-state index contributed by atoms with van der Waals surface area (Å²) in [5.74, 6) is -0.370. The molecule has 2 aromatic carbocycles. The van der Waals surface area contributed by atoms with Crippen molar-refractivity contribution in [2.24, 2.45) is 0 Å². The smallest absolute Gasteiger partial charge is 0.352 e. The van der Waals surface area contributed by atoms with Crippen molar-refractivity contribution in [1.29, 1.82) is 0 Å². The molecular weight excluding hydrogens is 350 g/mol. The summed E-state index contributed by atoms with van der Waals surface area (Å²) in [5.41, 5.74) is 0.527. The molecule has 2 rings (SSSR count). The molecule has 0 heterocycles. The van der Waals surface area contributed by atoms with Gasteiger partial charge in [-0.1, -0.05) is 17.7 Å². The third kappa shape index (κ3) is 4.60. The van der Waals surface area contributed by atoms with Gasteiger partial charge in [0.2, 0.25) is 5.75 Å². The predicted octanol–water partition coefficient (Wildman–Crippen LogP) is 3.94. The molecule has 0 spiro atoms. The Morgan fingerprint density at radius 3 is 2.56 bits per heavy atom. The van der Waals surface area contributed by atoms with E-state index in [0.717, 1.165) is 5.56 Å². The molecular formula is C17H16ClNO6. The highest BCUT2D eigenvalue weighted by atomic mass is 35.5. The zero-order chi connectivity index (χ0) is 18.6. The SMILES string of the molecule is COc1ccc(OC(=O)C(C)Oc2cc(C)ccc2Cl)c([N+](=O)[O-])c1. The molecule has 0 aliphatic carbocycles. The lowest BCUT2D eigenvalue weighted by molar-refractivity contribution is -0.385. The minimum Gasteiger partial charge on any atom is -0.496 e. The second-order valence-corrected chi connectivity index (χ2v) is 5.61. The van der Waals surface area contributed by atoms with Crippen LogP contribution in [0.1, 0.15) is 12.5 Å². The predicted molar refractivity (Wildman–Crippen MR) is 91.6 cm³/mol. The van der Waals surface area contributed by atoms with E-state index in [-0.39, 0.29) is 17.2 Å². The average molecular weight is 366 g/mol. The summed E-state index contributed by atoms with van der Waals surface area (Å²) in [7, 11) is 1.38. The van der Waals surface area contributed by atoms with E-state index < -0.39 is 17.0 Å². The van der Waals surface area contributed by atoms with Gasteiger partial charge < -0.3 is 14.2 Å². The summed E-state index contributed by atoms with van der Waals surface area (Å²) in [6.45, 7) is 3.32. The molecule has 8 heteroatoms. The first-order valence-corrected chi connectivity index (χ1v) is 7.66. The normalized spacial score (nSPS) is 11.5. The van der Waals surface area contributed by atoms with Gasteiger partial charge in [-0.2, -0.15) is 0 Å². The standard InChI is InChI=1S/C17H16ClNO6/c1-10-4-6-13(18)16(8-10)24-11(2)17(20)25-15-7-5-12(23-3)9-14(15)19(21)22/h4-9,11H,1-3H3. The van der Waals surface area contributed by atoms with Crippen LogP contribution < -0.4 is 14.2 Å². The van der Waals surface area contributed by atoms with Crippen LogP contribution in [0.4, 0.5) is 5.69 Å². The number of nitrogens with zero attached hydrogens (tertiary/aromatic N) is 1. The van der Waals surface area contributed by atoms with Crippen molar-refractivity contribution >= 4 is 23.3 Å². The maximum Gasteiger partial charge on any atom is 0.352 e. The number of nitro groups is 1. The van der Waals surface area contributed by atoms with Crippen LogP contribution in [-0.4, -0.2) is 24.1 Å². The van der Waals surface area contributed by atoms with Crippen LogP contribution in [0, 0.1) is 17.0 Å². The number of carbonyl (C=O) groups is 1. The summed E-state index contributed by atoms with van der Waals surface area (Å²) >= 11 is 6.03. The van der Waals surface area contributed by atoms with E-state index in [4.69, 9.17) is 25.8 Å². The number of carbonyl (C=O) groups excluding carboxylic acids is 1. The molecule has 0 bridgehead atoms. The quantitative estimate of drug-likeness (QED) is 0.333. The van der Waals surface area contributed by atoms with Crippen LogP contribution in [0.25, 0.3) is 0 Å². The molecule has 1 atom stereocenters. The van der Waals surface area contributed by atoms with Crippen molar-refractivity contribution in [3.05, 3.63) is 57.1 Å². The topological polar surface area (TPSA) is 87.9 Å². The van der Waals surface area contributed by atoms with Gasteiger partial charge in [0.15, 0.2) is 6.10 Å². The van der Waals surface area contributed by atoms with Crippen LogP contribution >= 0.6 is 11.6 Å². The molecule has 0 saturated heterocycles. The van der Waals surface area contributed by atoms with Crippen molar-refractivity contribution in [1.82, 2.24) is 0 Å². The number of ether oxygens (including phenoxy) is 3. The number of benzene rings is 2. The number of methoxy groups -OCH3 is 1. The number of nitro benzene ring substituents is 1. The van der Waals surface area contributed by atoms with E-state index in [1.54, 1.807) is 18.2 Å². The summed E-state index contributed by atoms with van der Waals surface area (Å²) in [6, 6.07) is 9.06. The van der Waals surface area contributed by atoms with Crippen LogP contribution in [-0.2, 0) is 4.79 Å². The van der Waals surface area contributed by atoms with Crippen LogP contribution in [0.3, 0.4) is 0 Å². The van der Waals surface area contributed by atoms with Gasteiger partial charge in [0.1, 0.15) is 11.5 Å². The van der Waals surface area contributed by atoms with E-state index in [1.807, 2.05) is 6.92 Å². The summed E-state index contributed by atoms with van der Waals surface area (Å²) in [6.07, 6.45) is -1.01. The number of hydrogen-bond acceptors (Lipinski definition) is 6. The fourth-order valence-electron chi connectivity index (χ4n) is 1.98. The van der Waals surface area contributed by atoms with E-state index >= 15 is 0 Å². The Morgan fingerprint density at radius 1 is 1.20 bits per heavy atom. The Balaban J connectivity index is 2.16.